The summed E-state index contributed by atoms with van der Waals surface area (Å²) in [6, 6.07) is 8.82. The summed E-state index contributed by atoms with van der Waals surface area (Å²) < 4.78 is 0. The van der Waals surface area contributed by atoms with Crippen LogP contribution in [0.5, 0.6) is 0 Å². The second kappa shape index (κ2) is 6.06. The van der Waals surface area contributed by atoms with Crippen LogP contribution < -0.4 is 5.73 Å². The van der Waals surface area contributed by atoms with E-state index in [2.05, 4.69) is 49.9 Å². The van der Waals surface area contributed by atoms with Gasteiger partial charge in [-0.25, -0.2) is 0 Å². The van der Waals surface area contributed by atoms with Gasteiger partial charge in [-0.3, -0.25) is 4.90 Å². The van der Waals surface area contributed by atoms with E-state index < -0.39 is 0 Å². The zero-order valence-corrected chi connectivity index (χ0v) is 12.7. The predicted molar refractivity (Wildman–Crippen MR) is 82.4 cm³/mol. The van der Waals surface area contributed by atoms with Gasteiger partial charge >= 0.3 is 0 Å². The second-order valence-electron chi connectivity index (χ2n) is 6.14. The molecule has 2 unspecified atom stereocenters. The predicted octanol–water partition coefficient (Wildman–Crippen LogP) is 3.13. The number of rotatable bonds is 5. The summed E-state index contributed by atoms with van der Waals surface area (Å²) in [5.74, 6) is 0. The molecule has 106 valence electrons. The Kier molecular flexibility index (Phi) is 4.64. The van der Waals surface area contributed by atoms with Gasteiger partial charge < -0.3 is 5.73 Å². The molecule has 0 bridgehead atoms. The third-order valence-corrected chi connectivity index (χ3v) is 5.04. The van der Waals surface area contributed by atoms with Crippen LogP contribution in [0.15, 0.2) is 24.3 Å². The molecule has 2 atom stereocenters. The quantitative estimate of drug-likeness (QED) is 0.881. The van der Waals surface area contributed by atoms with Crippen molar-refractivity contribution in [3.63, 3.8) is 0 Å². The molecule has 0 saturated carbocycles. The van der Waals surface area contributed by atoms with Crippen LogP contribution in [-0.2, 0) is 6.42 Å². The summed E-state index contributed by atoms with van der Waals surface area (Å²) in [5.41, 5.74) is 9.50. The molecule has 0 spiro atoms. The van der Waals surface area contributed by atoms with Crippen molar-refractivity contribution < 1.29 is 0 Å². The minimum Gasteiger partial charge on any atom is -0.326 e. The van der Waals surface area contributed by atoms with Crippen LogP contribution in [0.4, 0.5) is 0 Å². The first kappa shape index (κ1) is 14.5. The number of hydrogen-bond acceptors (Lipinski definition) is 2. The Morgan fingerprint density at radius 2 is 1.89 bits per heavy atom. The van der Waals surface area contributed by atoms with E-state index in [1.54, 1.807) is 0 Å². The van der Waals surface area contributed by atoms with Crippen molar-refractivity contribution in [3.05, 3.63) is 35.4 Å². The smallest absolute Gasteiger partial charge is 0.0332 e. The minimum absolute atomic E-state index is 0.138. The SMILES string of the molecule is CCC(C)(C(N)Cc1ccccc1C)N1CCCC1. The van der Waals surface area contributed by atoms with Crippen LogP contribution >= 0.6 is 0 Å². The van der Waals surface area contributed by atoms with Gasteiger partial charge in [-0.15, -0.1) is 0 Å². The molecule has 1 heterocycles. The summed E-state index contributed by atoms with van der Waals surface area (Å²) in [7, 11) is 0. The van der Waals surface area contributed by atoms with Gasteiger partial charge in [-0.05, 0) is 63.7 Å². The molecule has 1 aliphatic heterocycles. The maximum Gasteiger partial charge on any atom is 0.0332 e. The summed E-state index contributed by atoms with van der Waals surface area (Å²) in [5, 5.41) is 0. The number of nitrogens with two attached hydrogens (primary N) is 1. The highest BCUT2D eigenvalue weighted by Gasteiger charge is 2.37. The van der Waals surface area contributed by atoms with E-state index in [0.717, 1.165) is 12.8 Å². The van der Waals surface area contributed by atoms with Gasteiger partial charge in [0.15, 0.2) is 0 Å². The Morgan fingerprint density at radius 3 is 2.47 bits per heavy atom. The van der Waals surface area contributed by atoms with E-state index in [-0.39, 0.29) is 11.6 Å². The van der Waals surface area contributed by atoms with Crippen LogP contribution in [-0.4, -0.2) is 29.6 Å². The monoisotopic (exact) mass is 260 g/mol. The van der Waals surface area contributed by atoms with Crippen LogP contribution in [0, 0.1) is 6.92 Å². The van der Waals surface area contributed by atoms with Crippen molar-refractivity contribution in [2.45, 2.75) is 58.0 Å². The van der Waals surface area contributed by atoms with E-state index >= 15 is 0 Å². The van der Waals surface area contributed by atoms with E-state index in [9.17, 15) is 0 Å². The average molecular weight is 260 g/mol. The fourth-order valence-electron chi connectivity index (χ4n) is 3.24. The molecular formula is C17H28N2. The van der Waals surface area contributed by atoms with E-state index in [1.807, 2.05) is 0 Å². The highest BCUT2D eigenvalue weighted by Crippen LogP contribution is 2.29. The summed E-state index contributed by atoms with van der Waals surface area (Å²) in [6.07, 6.45) is 4.76. The molecule has 19 heavy (non-hydrogen) atoms. The molecule has 2 N–H and O–H groups in total. The highest BCUT2D eigenvalue weighted by molar-refractivity contribution is 5.27. The zero-order chi connectivity index (χ0) is 13.9. The van der Waals surface area contributed by atoms with Gasteiger partial charge in [-0.1, -0.05) is 31.2 Å². The lowest BCUT2D eigenvalue weighted by molar-refractivity contribution is 0.0998. The van der Waals surface area contributed by atoms with Crippen LogP contribution in [0.3, 0.4) is 0 Å². The average Bonchev–Trinajstić information content (AvgIpc) is 2.95. The van der Waals surface area contributed by atoms with Gasteiger partial charge in [0.25, 0.3) is 0 Å². The van der Waals surface area contributed by atoms with Crippen molar-refractivity contribution in [2.24, 2.45) is 5.73 Å². The first-order valence-corrected chi connectivity index (χ1v) is 7.63. The number of nitrogens with zero attached hydrogens (tertiary/aromatic N) is 1. The standard InChI is InChI=1S/C17H28N2/c1-4-17(3,19-11-7-8-12-19)16(18)13-15-10-6-5-9-14(15)2/h5-6,9-10,16H,4,7-8,11-13,18H2,1-3H3. The maximum absolute atomic E-state index is 6.60. The molecule has 2 nitrogen and oxygen atoms in total. The maximum atomic E-state index is 6.60. The minimum atomic E-state index is 0.138. The zero-order valence-electron chi connectivity index (χ0n) is 12.7. The largest absolute Gasteiger partial charge is 0.326 e. The molecule has 0 radical (unpaired) electrons. The van der Waals surface area contributed by atoms with Crippen molar-refractivity contribution >= 4 is 0 Å². The Balaban J connectivity index is 2.12. The molecule has 1 aliphatic rings. The Hall–Kier alpha value is -0.860. The lowest BCUT2D eigenvalue weighted by atomic mass is 9.83. The molecule has 1 fully saturated rings. The molecule has 1 aromatic rings. The number of hydrogen-bond donors (Lipinski definition) is 1. The normalized spacial score (nSPS) is 21.3. The second-order valence-corrected chi connectivity index (χ2v) is 6.14. The Bertz CT molecular complexity index is 409. The third-order valence-electron chi connectivity index (χ3n) is 5.04. The molecule has 2 rings (SSSR count). The summed E-state index contributed by atoms with van der Waals surface area (Å²) >= 11 is 0. The first-order chi connectivity index (χ1) is 9.08. The topological polar surface area (TPSA) is 29.3 Å². The van der Waals surface area contributed by atoms with Gasteiger partial charge in [-0.2, -0.15) is 0 Å². The van der Waals surface area contributed by atoms with Crippen molar-refractivity contribution in [2.75, 3.05) is 13.1 Å². The molecular weight excluding hydrogens is 232 g/mol. The molecule has 1 aromatic carbocycles. The lowest BCUT2D eigenvalue weighted by Gasteiger charge is -2.43. The first-order valence-electron chi connectivity index (χ1n) is 7.63. The molecule has 1 saturated heterocycles. The van der Waals surface area contributed by atoms with E-state index in [1.165, 1.54) is 37.1 Å². The van der Waals surface area contributed by atoms with Crippen LogP contribution in [0.25, 0.3) is 0 Å². The number of likely N-dealkylation sites (tertiary alicyclic amines) is 1. The third kappa shape index (κ3) is 3.01. The molecule has 0 aliphatic carbocycles. The molecule has 0 amide bonds. The van der Waals surface area contributed by atoms with Crippen LogP contribution in [0.1, 0.15) is 44.2 Å². The summed E-state index contributed by atoms with van der Waals surface area (Å²) in [4.78, 5) is 2.61. The van der Waals surface area contributed by atoms with Gasteiger partial charge in [0, 0.05) is 11.6 Å². The highest BCUT2D eigenvalue weighted by atomic mass is 15.2. The lowest BCUT2D eigenvalue weighted by Crippen LogP contribution is -2.57. The van der Waals surface area contributed by atoms with Gasteiger partial charge in [0.1, 0.15) is 0 Å². The van der Waals surface area contributed by atoms with Crippen molar-refractivity contribution in [1.29, 1.82) is 0 Å². The van der Waals surface area contributed by atoms with E-state index in [4.69, 9.17) is 5.73 Å². The summed E-state index contributed by atoms with van der Waals surface area (Å²) in [6.45, 7) is 9.23. The number of aryl methyl sites for hydroxylation is 1. The molecule has 0 aromatic heterocycles. The van der Waals surface area contributed by atoms with Crippen molar-refractivity contribution in [3.8, 4) is 0 Å². The van der Waals surface area contributed by atoms with Crippen molar-refractivity contribution in [1.82, 2.24) is 4.90 Å². The van der Waals surface area contributed by atoms with Gasteiger partial charge in [0.05, 0.1) is 0 Å². The van der Waals surface area contributed by atoms with Crippen LogP contribution in [0.2, 0.25) is 0 Å². The van der Waals surface area contributed by atoms with E-state index in [0.29, 0.717) is 0 Å². The molecule has 2 heteroatoms. The fraction of sp³-hybridized carbons (Fsp3) is 0.647. The number of benzene rings is 1. The fourth-order valence-corrected chi connectivity index (χ4v) is 3.24. The Labute approximate surface area is 118 Å². The Morgan fingerprint density at radius 1 is 1.26 bits per heavy atom. The van der Waals surface area contributed by atoms with Gasteiger partial charge in [0.2, 0.25) is 0 Å².